The van der Waals surface area contributed by atoms with E-state index in [2.05, 4.69) is 0 Å². The molecule has 0 saturated heterocycles. The Balaban J connectivity index is 2.67. The maximum absolute atomic E-state index is 13.6. The third kappa shape index (κ3) is 1.99. The van der Waals surface area contributed by atoms with Crippen LogP contribution in [0.4, 0.5) is 8.78 Å². The fraction of sp³-hybridized carbons (Fsp3) is 0.154. The van der Waals surface area contributed by atoms with Gasteiger partial charge < -0.3 is 9.84 Å². The van der Waals surface area contributed by atoms with Crippen LogP contribution in [-0.4, -0.2) is 17.7 Å². The highest BCUT2D eigenvalue weighted by molar-refractivity contribution is 5.98. The Hall–Kier alpha value is -2.17. The molecule has 0 spiro atoms. The molecule has 2 aromatic rings. The van der Waals surface area contributed by atoms with Crippen LogP contribution >= 0.6 is 0 Å². The van der Waals surface area contributed by atoms with Crippen LogP contribution in [0, 0.1) is 11.6 Å². The lowest BCUT2D eigenvalue weighted by Crippen LogP contribution is -2.04. The van der Waals surface area contributed by atoms with E-state index in [1.807, 2.05) is 0 Å². The number of carbonyl (C=O) groups excluding carboxylic acids is 1. The molecule has 0 radical (unpaired) electrons. The molecular formula is C13H10F2O3. The molecule has 18 heavy (non-hydrogen) atoms. The van der Waals surface area contributed by atoms with Crippen molar-refractivity contribution in [2.75, 3.05) is 6.61 Å². The molecule has 1 N–H and O–H groups in total. The third-order valence-corrected chi connectivity index (χ3v) is 2.51. The average molecular weight is 252 g/mol. The molecule has 0 unspecified atom stereocenters. The fourth-order valence-corrected chi connectivity index (χ4v) is 1.69. The van der Waals surface area contributed by atoms with Gasteiger partial charge in [-0.2, -0.15) is 0 Å². The van der Waals surface area contributed by atoms with Crippen molar-refractivity contribution in [2.45, 2.75) is 6.92 Å². The second kappa shape index (κ2) is 4.60. The smallest absolute Gasteiger partial charge is 0.338 e. The number of halogens is 2. The van der Waals surface area contributed by atoms with E-state index in [1.54, 1.807) is 6.92 Å². The van der Waals surface area contributed by atoms with E-state index >= 15 is 0 Å². The Morgan fingerprint density at radius 1 is 1.28 bits per heavy atom. The number of fused-ring (bicyclic) bond motifs is 1. The van der Waals surface area contributed by atoms with Crippen LogP contribution in [0.15, 0.2) is 24.3 Å². The van der Waals surface area contributed by atoms with E-state index in [0.717, 1.165) is 18.2 Å². The first kappa shape index (κ1) is 12.3. The Morgan fingerprint density at radius 3 is 2.67 bits per heavy atom. The third-order valence-electron chi connectivity index (χ3n) is 2.51. The van der Waals surface area contributed by atoms with Crippen LogP contribution in [-0.2, 0) is 4.74 Å². The van der Waals surface area contributed by atoms with Crippen molar-refractivity contribution in [1.29, 1.82) is 0 Å². The lowest BCUT2D eigenvalue weighted by molar-refractivity contribution is 0.0526. The zero-order chi connectivity index (χ0) is 13.3. The minimum atomic E-state index is -1.10. The fourth-order valence-electron chi connectivity index (χ4n) is 1.69. The normalized spacial score (nSPS) is 10.6. The summed E-state index contributed by atoms with van der Waals surface area (Å²) in [6.07, 6.45) is 0. The topological polar surface area (TPSA) is 46.5 Å². The predicted molar refractivity (Wildman–Crippen MR) is 61.5 cm³/mol. The van der Waals surface area contributed by atoms with E-state index in [1.165, 1.54) is 6.07 Å². The standard InChI is InChI=1S/C13H10F2O3/c1-2-18-13(17)7-5-9-8(11(16)6-7)3-4-10(14)12(9)15/h3-6,16H,2H2,1H3. The number of esters is 1. The first-order valence-electron chi connectivity index (χ1n) is 5.32. The van der Waals surface area contributed by atoms with Crippen molar-refractivity contribution in [1.82, 2.24) is 0 Å². The summed E-state index contributed by atoms with van der Waals surface area (Å²) in [6, 6.07) is 4.49. The van der Waals surface area contributed by atoms with Crippen LogP contribution in [0.5, 0.6) is 5.75 Å². The van der Waals surface area contributed by atoms with Gasteiger partial charge >= 0.3 is 5.97 Å². The zero-order valence-corrected chi connectivity index (χ0v) is 9.54. The zero-order valence-electron chi connectivity index (χ0n) is 9.54. The monoisotopic (exact) mass is 252 g/mol. The summed E-state index contributed by atoms with van der Waals surface area (Å²) in [4.78, 5) is 11.5. The van der Waals surface area contributed by atoms with Crippen LogP contribution in [0.1, 0.15) is 17.3 Å². The summed E-state index contributed by atoms with van der Waals surface area (Å²) in [5.41, 5.74) is -0.0219. The van der Waals surface area contributed by atoms with Gasteiger partial charge in [0.05, 0.1) is 12.2 Å². The number of hydrogen-bond donors (Lipinski definition) is 1. The second-order valence-electron chi connectivity index (χ2n) is 3.67. The van der Waals surface area contributed by atoms with Gasteiger partial charge in [0.15, 0.2) is 11.6 Å². The maximum Gasteiger partial charge on any atom is 0.338 e. The summed E-state index contributed by atoms with van der Waals surface area (Å²) in [6.45, 7) is 1.78. The van der Waals surface area contributed by atoms with Gasteiger partial charge in [0.2, 0.25) is 0 Å². The van der Waals surface area contributed by atoms with Crippen LogP contribution in [0.2, 0.25) is 0 Å². The molecule has 0 fully saturated rings. The van der Waals surface area contributed by atoms with Crippen molar-refractivity contribution < 1.29 is 23.4 Å². The summed E-state index contributed by atoms with van der Waals surface area (Å²) in [5.74, 6) is -3.13. The highest BCUT2D eigenvalue weighted by Gasteiger charge is 2.15. The molecule has 0 atom stereocenters. The van der Waals surface area contributed by atoms with E-state index in [4.69, 9.17) is 4.74 Å². The number of ether oxygens (including phenoxy) is 1. The molecule has 0 amide bonds. The molecule has 5 heteroatoms. The number of carbonyl (C=O) groups is 1. The summed E-state index contributed by atoms with van der Waals surface area (Å²) in [5, 5.41) is 9.67. The molecule has 0 aliphatic heterocycles. The molecular weight excluding hydrogens is 242 g/mol. The summed E-state index contributed by atoms with van der Waals surface area (Å²) in [7, 11) is 0. The van der Waals surface area contributed by atoms with Crippen LogP contribution < -0.4 is 0 Å². The van der Waals surface area contributed by atoms with Crippen molar-refractivity contribution in [2.24, 2.45) is 0 Å². The number of rotatable bonds is 2. The van der Waals surface area contributed by atoms with Crippen molar-refractivity contribution in [3.05, 3.63) is 41.5 Å². The van der Waals surface area contributed by atoms with E-state index in [9.17, 15) is 18.7 Å². The second-order valence-corrected chi connectivity index (χ2v) is 3.67. The lowest BCUT2D eigenvalue weighted by Gasteiger charge is -2.07. The number of phenolic OH excluding ortho intramolecular Hbond substituents is 1. The lowest BCUT2D eigenvalue weighted by atomic mass is 10.1. The summed E-state index contributed by atoms with van der Waals surface area (Å²) >= 11 is 0. The van der Waals surface area contributed by atoms with Gasteiger partial charge in [-0.1, -0.05) is 0 Å². The Kier molecular flexibility index (Phi) is 3.14. The minimum absolute atomic E-state index is 0.0219. The molecule has 0 heterocycles. The van der Waals surface area contributed by atoms with Gasteiger partial charge in [-0.15, -0.1) is 0 Å². The van der Waals surface area contributed by atoms with Crippen LogP contribution in [0.25, 0.3) is 10.8 Å². The number of benzene rings is 2. The Labute approximate surface area is 102 Å². The SMILES string of the molecule is CCOC(=O)c1cc(O)c2ccc(F)c(F)c2c1. The molecule has 0 bridgehead atoms. The number of phenols is 1. The Bertz CT molecular complexity index is 623. The quantitative estimate of drug-likeness (QED) is 0.836. The molecule has 2 rings (SSSR count). The van der Waals surface area contributed by atoms with Crippen molar-refractivity contribution >= 4 is 16.7 Å². The molecule has 2 aromatic carbocycles. The van der Waals surface area contributed by atoms with E-state index in [-0.39, 0.29) is 28.7 Å². The maximum atomic E-state index is 13.6. The van der Waals surface area contributed by atoms with Crippen molar-refractivity contribution in [3.8, 4) is 5.75 Å². The van der Waals surface area contributed by atoms with Gasteiger partial charge in [-0.05, 0) is 31.2 Å². The molecule has 0 aliphatic carbocycles. The summed E-state index contributed by atoms with van der Waals surface area (Å²) < 4.78 is 31.4. The molecule has 0 aromatic heterocycles. The largest absolute Gasteiger partial charge is 0.507 e. The van der Waals surface area contributed by atoms with Gasteiger partial charge in [0.25, 0.3) is 0 Å². The highest BCUT2D eigenvalue weighted by Crippen LogP contribution is 2.29. The van der Waals surface area contributed by atoms with Crippen LogP contribution in [0.3, 0.4) is 0 Å². The molecule has 0 aliphatic rings. The first-order valence-corrected chi connectivity index (χ1v) is 5.32. The van der Waals surface area contributed by atoms with Crippen molar-refractivity contribution in [3.63, 3.8) is 0 Å². The van der Waals surface area contributed by atoms with E-state index < -0.39 is 17.6 Å². The minimum Gasteiger partial charge on any atom is -0.507 e. The first-order chi connectivity index (χ1) is 8.54. The number of hydrogen-bond acceptors (Lipinski definition) is 3. The van der Waals surface area contributed by atoms with Gasteiger partial charge in [-0.25, -0.2) is 13.6 Å². The average Bonchev–Trinajstić information content (AvgIpc) is 2.34. The molecule has 94 valence electrons. The van der Waals surface area contributed by atoms with Gasteiger partial charge in [0.1, 0.15) is 5.75 Å². The molecule has 3 nitrogen and oxygen atoms in total. The predicted octanol–water partition coefficient (Wildman–Crippen LogP) is 3.00. The highest BCUT2D eigenvalue weighted by atomic mass is 19.2. The molecule has 0 saturated carbocycles. The Morgan fingerprint density at radius 2 is 2.00 bits per heavy atom. The number of aromatic hydroxyl groups is 1. The van der Waals surface area contributed by atoms with Gasteiger partial charge in [-0.3, -0.25) is 0 Å². The van der Waals surface area contributed by atoms with Gasteiger partial charge in [0, 0.05) is 10.8 Å². The van der Waals surface area contributed by atoms with E-state index in [0.29, 0.717) is 0 Å².